The standard InChI is InChI=1S/C14H20N2O4/c1-10-9-11(2)16(13(17)12(10)14(18)19)4-3-15-5-7-20-8-6-15/h9H,3-8H2,1-2H3,(H,18,19). The summed E-state index contributed by atoms with van der Waals surface area (Å²) < 4.78 is 6.83. The number of rotatable bonds is 4. The molecule has 6 nitrogen and oxygen atoms in total. The SMILES string of the molecule is Cc1cc(C)n(CCN2CCOCC2)c(=O)c1C(=O)O. The lowest BCUT2D eigenvalue weighted by molar-refractivity contribution is 0.0362. The first kappa shape index (κ1) is 14.7. The number of carbonyl (C=O) groups is 1. The second kappa shape index (κ2) is 6.19. The number of hydrogen-bond acceptors (Lipinski definition) is 4. The molecule has 1 fully saturated rings. The number of aromatic nitrogens is 1. The van der Waals surface area contributed by atoms with E-state index < -0.39 is 11.5 Å². The van der Waals surface area contributed by atoms with Gasteiger partial charge in [-0.15, -0.1) is 0 Å². The smallest absolute Gasteiger partial charge is 0.341 e. The maximum absolute atomic E-state index is 12.3. The van der Waals surface area contributed by atoms with Crippen molar-refractivity contribution in [2.24, 2.45) is 0 Å². The van der Waals surface area contributed by atoms with Gasteiger partial charge in [-0.1, -0.05) is 0 Å². The fourth-order valence-corrected chi connectivity index (χ4v) is 2.53. The van der Waals surface area contributed by atoms with Crippen LogP contribution in [0.25, 0.3) is 0 Å². The third-order valence-electron chi connectivity index (χ3n) is 3.66. The molecule has 0 unspecified atom stereocenters. The van der Waals surface area contributed by atoms with Gasteiger partial charge in [-0.3, -0.25) is 9.69 Å². The molecule has 0 aromatic carbocycles. The number of pyridine rings is 1. The fourth-order valence-electron chi connectivity index (χ4n) is 2.53. The van der Waals surface area contributed by atoms with Crippen molar-refractivity contribution in [3.8, 4) is 0 Å². The van der Waals surface area contributed by atoms with Gasteiger partial charge >= 0.3 is 5.97 Å². The third kappa shape index (κ3) is 3.08. The van der Waals surface area contributed by atoms with Crippen LogP contribution in [0.1, 0.15) is 21.6 Å². The van der Waals surface area contributed by atoms with Crippen LogP contribution in [0.4, 0.5) is 0 Å². The molecular formula is C14H20N2O4. The Morgan fingerprint density at radius 3 is 2.55 bits per heavy atom. The zero-order valence-corrected chi connectivity index (χ0v) is 11.9. The molecule has 1 N–H and O–H groups in total. The van der Waals surface area contributed by atoms with Crippen molar-refractivity contribution in [2.45, 2.75) is 20.4 Å². The van der Waals surface area contributed by atoms with E-state index in [0.717, 1.165) is 25.3 Å². The summed E-state index contributed by atoms with van der Waals surface area (Å²) in [7, 11) is 0. The molecule has 0 bridgehead atoms. The third-order valence-corrected chi connectivity index (χ3v) is 3.66. The van der Waals surface area contributed by atoms with Gasteiger partial charge in [-0.25, -0.2) is 4.79 Å². The number of ether oxygens (including phenoxy) is 1. The number of aryl methyl sites for hydroxylation is 2. The number of aromatic carboxylic acids is 1. The van der Waals surface area contributed by atoms with Crippen LogP contribution in [0.5, 0.6) is 0 Å². The number of morpholine rings is 1. The number of carboxylic acid groups (broad SMARTS) is 1. The molecule has 0 aliphatic carbocycles. The first-order valence-corrected chi connectivity index (χ1v) is 6.75. The van der Waals surface area contributed by atoms with E-state index in [1.165, 1.54) is 0 Å². The lowest BCUT2D eigenvalue weighted by atomic mass is 10.1. The zero-order chi connectivity index (χ0) is 14.7. The van der Waals surface area contributed by atoms with Gasteiger partial charge in [0.2, 0.25) is 0 Å². The fraction of sp³-hybridized carbons (Fsp3) is 0.571. The molecule has 0 atom stereocenters. The van der Waals surface area contributed by atoms with Crippen LogP contribution in [0.3, 0.4) is 0 Å². The van der Waals surface area contributed by atoms with Crippen LogP contribution < -0.4 is 5.56 Å². The van der Waals surface area contributed by atoms with E-state index >= 15 is 0 Å². The summed E-state index contributed by atoms with van der Waals surface area (Å²) in [5, 5.41) is 9.14. The summed E-state index contributed by atoms with van der Waals surface area (Å²) in [6.07, 6.45) is 0. The highest BCUT2D eigenvalue weighted by molar-refractivity contribution is 5.88. The van der Waals surface area contributed by atoms with Crippen LogP contribution in [-0.2, 0) is 11.3 Å². The van der Waals surface area contributed by atoms with Gasteiger partial charge in [0, 0.05) is 31.9 Å². The maximum atomic E-state index is 12.3. The van der Waals surface area contributed by atoms with Crippen LogP contribution >= 0.6 is 0 Å². The van der Waals surface area contributed by atoms with Gasteiger partial charge in [-0.2, -0.15) is 0 Å². The van der Waals surface area contributed by atoms with Gasteiger partial charge in [-0.05, 0) is 25.5 Å². The Kier molecular flexibility index (Phi) is 4.57. The lowest BCUT2D eigenvalue weighted by Gasteiger charge is -2.27. The molecule has 110 valence electrons. The molecule has 6 heteroatoms. The molecule has 1 aromatic heterocycles. The summed E-state index contributed by atoms with van der Waals surface area (Å²) in [6, 6.07) is 1.75. The predicted octanol–water partition coefficient (Wildman–Crippen LogP) is 0.496. The number of carboxylic acids is 1. The highest BCUT2D eigenvalue weighted by Gasteiger charge is 2.17. The van der Waals surface area contributed by atoms with Crippen molar-refractivity contribution in [2.75, 3.05) is 32.8 Å². The summed E-state index contributed by atoms with van der Waals surface area (Å²) >= 11 is 0. The van der Waals surface area contributed by atoms with E-state index in [4.69, 9.17) is 9.84 Å². The highest BCUT2D eigenvalue weighted by Crippen LogP contribution is 2.07. The van der Waals surface area contributed by atoms with Crippen molar-refractivity contribution in [3.63, 3.8) is 0 Å². The second-order valence-corrected chi connectivity index (χ2v) is 5.06. The molecule has 1 aliphatic rings. The molecule has 0 amide bonds. The van der Waals surface area contributed by atoms with Crippen molar-refractivity contribution >= 4 is 5.97 Å². The Morgan fingerprint density at radius 1 is 1.30 bits per heavy atom. The molecule has 0 radical (unpaired) electrons. The van der Waals surface area contributed by atoms with E-state index in [2.05, 4.69) is 4.90 Å². The van der Waals surface area contributed by atoms with Gasteiger partial charge < -0.3 is 14.4 Å². The van der Waals surface area contributed by atoms with Crippen LogP contribution in [0, 0.1) is 13.8 Å². The van der Waals surface area contributed by atoms with E-state index in [1.54, 1.807) is 17.6 Å². The largest absolute Gasteiger partial charge is 0.477 e. The van der Waals surface area contributed by atoms with Gasteiger partial charge in [0.05, 0.1) is 13.2 Å². The first-order chi connectivity index (χ1) is 9.50. The Balaban J connectivity index is 2.20. The monoisotopic (exact) mass is 280 g/mol. The molecule has 1 aromatic rings. The Labute approximate surface area is 117 Å². The average molecular weight is 280 g/mol. The number of hydrogen-bond donors (Lipinski definition) is 1. The van der Waals surface area contributed by atoms with Crippen LogP contribution in [0.15, 0.2) is 10.9 Å². The van der Waals surface area contributed by atoms with E-state index in [9.17, 15) is 9.59 Å². The molecule has 1 saturated heterocycles. The minimum atomic E-state index is -1.16. The molecule has 0 spiro atoms. The average Bonchev–Trinajstić information content (AvgIpc) is 2.38. The van der Waals surface area contributed by atoms with Crippen molar-refractivity contribution in [1.82, 2.24) is 9.47 Å². The molecule has 20 heavy (non-hydrogen) atoms. The summed E-state index contributed by atoms with van der Waals surface area (Å²) in [4.78, 5) is 25.7. The Bertz CT molecular complexity index is 559. The summed E-state index contributed by atoms with van der Waals surface area (Å²) in [5.41, 5.74) is 0.772. The van der Waals surface area contributed by atoms with Crippen molar-refractivity contribution in [3.05, 3.63) is 33.2 Å². The van der Waals surface area contributed by atoms with Gasteiger partial charge in [0.25, 0.3) is 5.56 Å². The predicted molar refractivity (Wildman–Crippen MR) is 74.4 cm³/mol. The Hall–Kier alpha value is -1.66. The summed E-state index contributed by atoms with van der Waals surface area (Å²) in [6.45, 7) is 7.85. The Morgan fingerprint density at radius 2 is 1.95 bits per heavy atom. The maximum Gasteiger partial charge on any atom is 0.341 e. The van der Waals surface area contributed by atoms with Crippen molar-refractivity contribution in [1.29, 1.82) is 0 Å². The van der Waals surface area contributed by atoms with E-state index in [0.29, 0.717) is 25.3 Å². The molecular weight excluding hydrogens is 260 g/mol. The van der Waals surface area contributed by atoms with E-state index in [-0.39, 0.29) is 5.56 Å². The summed E-state index contributed by atoms with van der Waals surface area (Å²) in [5.74, 6) is -1.16. The molecule has 0 saturated carbocycles. The molecule has 1 aliphatic heterocycles. The van der Waals surface area contributed by atoms with Gasteiger partial charge in [0.15, 0.2) is 0 Å². The first-order valence-electron chi connectivity index (χ1n) is 6.75. The minimum Gasteiger partial charge on any atom is -0.477 e. The lowest BCUT2D eigenvalue weighted by Crippen LogP contribution is -2.40. The quantitative estimate of drug-likeness (QED) is 0.869. The normalized spacial score (nSPS) is 16.3. The second-order valence-electron chi connectivity index (χ2n) is 5.06. The van der Waals surface area contributed by atoms with E-state index in [1.807, 2.05) is 6.92 Å². The molecule has 2 rings (SSSR count). The van der Waals surface area contributed by atoms with Crippen LogP contribution in [-0.4, -0.2) is 53.4 Å². The van der Waals surface area contributed by atoms with Crippen molar-refractivity contribution < 1.29 is 14.6 Å². The minimum absolute atomic E-state index is 0.127. The van der Waals surface area contributed by atoms with Crippen LogP contribution in [0.2, 0.25) is 0 Å². The topological polar surface area (TPSA) is 71.8 Å². The highest BCUT2D eigenvalue weighted by atomic mass is 16.5. The number of nitrogens with zero attached hydrogens (tertiary/aromatic N) is 2. The zero-order valence-electron chi connectivity index (χ0n) is 11.9. The molecule has 2 heterocycles. The van der Waals surface area contributed by atoms with Gasteiger partial charge in [0.1, 0.15) is 5.56 Å².